The Balaban J connectivity index is 1.45. The molecule has 1 aliphatic carbocycles. The lowest BCUT2D eigenvalue weighted by molar-refractivity contribution is -0.116. The molecule has 6 rings (SSSR count). The maximum absolute atomic E-state index is 14.0. The van der Waals surface area contributed by atoms with E-state index in [1.165, 1.54) is 0 Å². The fourth-order valence-electron chi connectivity index (χ4n) is 5.82. The number of hydrogen-bond acceptors (Lipinski definition) is 3. The van der Waals surface area contributed by atoms with Crippen LogP contribution in [0.15, 0.2) is 84.4 Å². The number of nitrogens with one attached hydrogen (secondary N) is 1. The molecule has 0 saturated carbocycles. The van der Waals surface area contributed by atoms with Crippen molar-refractivity contribution in [1.82, 2.24) is 0 Å². The van der Waals surface area contributed by atoms with E-state index in [1.54, 1.807) is 6.07 Å². The summed E-state index contributed by atoms with van der Waals surface area (Å²) in [6, 6.07) is 26.1. The molecule has 192 valence electrons. The smallest absolute Gasteiger partial charge is 0.162 e. The van der Waals surface area contributed by atoms with Crippen molar-refractivity contribution in [3.05, 3.63) is 111 Å². The highest BCUT2D eigenvalue weighted by Crippen LogP contribution is 2.51. The quantitative estimate of drug-likeness (QED) is 0.247. The van der Waals surface area contributed by atoms with E-state index in [1.807, 2.05) is 24.3 Å². The van der Waals surface area contributed by atoms with E-state index < -0.39 is 0 Å². The van der Waals surface area contributed by atoms with Crippen molar-refractivity contribution in [3.63, 3.8) is 0 Å². The molecule has 1 N–H and O–H groups in total. The standard InChI is InChI=1S/C33H29Cl2NO2/c1-2-3-16-38-24-12-8-20(9-13-24)22-17-27-31-25-7-5-4-6-21(25)10-15-29(31)36-33(32(27)30(37)18-22)26-14-11-23(34)19-28(26)35/h4-15,19,22,33,36H,2-3,16-18H2,1H3/t22-,33-/m0/s1. The number of anilines is 1. The second-order valence-electron chi connectivity index (χ2n) is 10.1. The number of ketones is 1. The zero-order valence-electron chi connectivity index (χ0n) is 21.3. The van der Waals surface area contributed by atoms with E-state index in [0.717, 1.165) is 75.9 Å². The van der Waals surface area contributed by atoms with Crippen LogP contribution in [-0.4, -0.2) is 12.4 Å². The molecule has 5 heteroatoms. The summed E-state index contributed by atoms with van der Waals surface area (Å²) in [4.78, 5) is 14.0. The first-order chi connectivity index (χ1) is 18.5. The number of Topliss-reactive ketones (excluding diaryl/α,β-unsaturated/α-hetero) is 1. The summed E-state index contributed by atoms with van der Waals surface area (Å²) < 4.78 is 5.87. The van der Waals surface area contributed by atoms with Crippen molar-refractivity contribution in [2.24, 2.45) is 0 Å². The number of ether oxygens (including phenoxy) is 1. The van der Waals surface area contributed by atoms with Gasteiger partial charge in [0, 0.05) is 33.3 Å². The monoisotopic (exact) mass is 541 g/mol. The number of rotatable bonds is 6. The Kier molecular flexibility index (Phi) is 6.90. The number of allylic oxidation sites excluding steroid dienone is 1. The number of benzene rings is 4. The molecular formula is C33H29Cl2NO2. The minimum absolute atomic E-state index is 0.0946. The van der Waals surface area contributed by atoms with Crippen LogP contribution in [0.2, 0.25) is 10.0 Å². The van der Waals surface area contributed by atoms with E-state index in [9.17, 15) is 4.79 Å². The van der Waals surface area contributed by atoms with Crippen LogP contribution < -0.4 is 10.1 Å². The molecule has 0 spiro atoms. The average Bonchev–Trinajstić information content (AvgIpc) is 2.93. The summed E-state index contributed by atoms with van der Waals surface area (Å²) in [6.07, 6.45) is 3.38. The Morgan fingerprint density at radius 1 is 0.947 bits per heavy atom. The van der Waals surface area contributed by atoms with Crippen LogP contribution in [0, 0.1) is 0 Å². The first kappa shape index (κ1) is 25.0. The molecule has 1 heterocycles. The molecular weight excluding hydrogens is 513 g/mol. The summed E-state index contributed by atoms with van der Waals surface area (Å²) in [6.45, 7) is 2.88. The van der Waals surface area contributed by atoms with Crippen LogP contribution in [0.25, 0.3) is 16.3 Å². The van der Waals surface area contributed by atoms with E-state index in [2.05, 4.69) is 60.8 Å². The van der Waals surface area contributed by atoms with Gasteiger partial charge in [-0.05, 0) is 76.6 Å². The fourth-order valence-corrected chi connectivity index (χ4v) is 6.34. The fraction of sp³-hybridized carbons (Fsp3) is 0.242. The van der Waals surface area contributed by atoms with Gasteiger partial charge in [-0.2, -0.15) is 0 Å². The van der Waals surface area contributed by atoms with Gasteiger partial charge in [-0.25, -0.2) is 0 Å². The molecule has 2 aliphatic rings. The Morgan fingerprint density at radius 2 is 1.76 bits per heavy atom. The highest BCUT2D eigenvalue weighted by molar-refractivity contribution is 6.35. The summed E-state index contributed by atoms with van der Waals surface area (Å²) in [5, 5.41) is 7.10. The van der Waals surface area contributed by atoms with Gasteiger partial charge in [-0.3, -0.25) is 4.79 Å². The Labute approximate surface area is 233 Å². The maximum atomic E-state index is 14.0. The number of halogens is 2. The lowest BCUT2D eigenvalue weighted by Crippen LogP contribution is -2.29. The molecule has 0 radical (unpaired) electrons. The Morgan fingerprint density at radius 3 is 2.55 bits per heavy atom. The molecule has 0 saturated heterocycles. The van der Waals surface area contributed by atoms with Gasteiger partial charge in [0.15, 0.2) is 5.78 Å². The highest BCUT2D eigenvalue weighted by Gasteiger charge is 2.39. The maximum Gasteiger partial charge on any atom is 0.162 e. The van der Waals surface area contributed by atoms with E-state index >= 15 is 0 Å². The molecule has 0 fully saturated rings. The minimum Gasteiger partial charge on any atom is -0.494 e. The number of carbonyl (C=O) groups is 1. The lowest BCUT2D eigenvalue weighted by Gasteiger charge is -2.38. The molecule has 38 heavy (non-hydrogen) atoms. The van der Waals surface area contributed by atoms with Crippen LogP contribution in [0.5, 0.6) is 5.75 Å². The highest BCUT2D eigenvalue weighted by atomic mass is 35.5. The molecule has 0 unspecified atom stereocenters. The summed E-state index contributed by atoms with van der Waals surface area (Å²) >= 11 is 12.9. The topological polar surface area (TPSA) is 38.3 Å². The molecule has 4 aromatic rings. The van der Waals surface area contributed by atoms with E-state index in [4.69, 9.17) is 27.9 Å². The average molecular weight is 543 g/mol. The van der Waals surface area contributed by atoms with Gasteiger partial charge in [0.05, 0.1) is 12.6 Å². The molecule has 0 aromatic heterocycles. The van der Waals surface area contributed by atoms with Crippen molar-refractivity contribution in [2.75, 3.05) is 11.9 Å². The molecule has 2 atom stereocenters. The van der Waals surface area contributed by atoms with Crippen LogP contribution in [0.4, 0.5) is 5.69 Å². The molecule has 0 amide bonds. The summed E-state index contributed by atoms with van der Waals surface area (Å²) in [5.41, 5.74) is 6.09. The minimum atomic E-state index is -0.328. The van der Waals surface area contributed by atoms with Gasteiger partial charge in [-0.1, -0.05) is 85.1 Å². The number of unbranched alkanes of at least 4 members (excludes halogenated alkanes) is 1. The van der Waals surface area contributed by atoms with Crippen LogP contribution in [-0.2, 0) is 4.79 Å². The van der Waals surface area contributed by atoms with Gasteiger partial charge in [0.1, 0.15) is 5.75 Å². The molecule has 4 aromatic carbocycles. The van der Waals surface area contributed by atoms with Crippen LogP contribution in [0.3, 0.4) is 0 Å². The van der Waals surface area contributed by atoms with Crippen LogP contribution >= 0.6 is 23.2 Å². The second-order valence-corrected chi connectivity index (χ2v) is 11.0. The van der Waals surface area contributed by atoms with E-state index in [-0.39, 0.29) is 17.7 Å². The van der Waals surface area contributed by atoms with Crippen molar-refractivity contribution < 1.29 is 9.53 Å². The predicted molar refractivity (Wildman–Crippen MR) is 158 cm³/mol. The third-order valence-electron chi connectivity index (χ3n) is 7.72. The summed E-state index contributed by atoms with van der Waals surface area (Å²) in [7, 11) is 0. The normalized spacial score (nSPS) is 18.7. The zero-order chi connectivity index (χ0) is 26.2. The van der Waals surface area contributed by atoms with Crippen molar-refractivity contribution in [1.29, 1.82) is 0 Å². The third kappa shape index (κ3) is 4.59. The van der Waals surface area contributed by atoms with Crippen molar-refractivity contribution in [2.45, 2.75) is 44.6 Å². The first-order valence-corrected chi connectivity index (χ1v) is 14.0. The molecule has 0 bridgehead atoms. The van der Waals surface area contributed by atoms with Gasteiger partial charge in [-0.15, -0.1) is 0 Å². The lowest BCUT2D eigenvalue weighted by atomic mass is 9.71. The first-order valence-electron chi connectivity index (χ1n) is 13.3. The number of carbonyl (C=O) groups excluding carboxylic acids is 1. The number of hydrogen-bond donors (Lipinski definition) is 1. The Bertz CT molecular complexity index is 1560. The Hall–Kier alpha value is -3.27. The van der Waals surface area contributed by atoms with Crippen molar-refractivity contribution in [3.8, 4) is 5.75 Å². The van der Waals surface area contributed by atoms with Crippen LogP contribution in [0.1, 0.15) is 61.3 Å². The second kappa shape index (κ2) is 10.5. The SMILES string of the molecule is CCCCOc1ccc([C@@H]2CC(=O)C3=C(C2)c2c(ccc4ccccc24)N[C@H]3c2ccc(Cl)cc2Cl)cc1. The molecule has 1 aliphatic heterocycles. The number of fused-ring (bicyclic) bond motifs is 4. The summed E-state index contributed by atoms with van der Waals surface area (Å²) in [5.74, 6) is 1.12. The molecule has 3 nitrogen and oxygen atoms in total. The largest absolute Gasteiger partial charge is 0.494 e. The zero-order valence-corrected chi connectivity index (χ0v) is 22.8. The van der Waals surface area contributed by atoms with Gasteiger partial charge < -0.3 is 10.1 Å². The third-order valence-corrected chi connectivity index (χ3v) is 8.28. The van der Waals surface area contributed by atoms with Crippen molar-refractivity contribution >= 4 is 51.0 Å². The van der Waals surface area contributed by atoms with E-state index in [0.29, 0.717) is 16.5 Å². The van der Waals surface area contributed by atoms with Gasteiger partial charge >= 0.3 is 0 Å². The van der Waals surface area contributed by atoms with Gasteiger partial charge in [0.2, 0.25) is 0 Å². The predicted octanol–water partition coefficient (Wildman–Crippen LogP) is 9.39. The van der Waals surface area contributed by atoms with Gasteiger partial charge in [0.25, 0.3) is 0 Å².